The lowest BCUT2D eigenvalue weighted by molar-refractivity contribution is 0.955. The summed E-state index contributed by atoms with van der Waals surface area (Å²) < 4.78 is 0. The van der Waals surface area contributed by atoms with Crippen LogP contribution in [0.1, 0.15) is 11.3 Å². The van der Waals surface area contributed by atoms with Gasteiger partial charge in [0.25, 0.3) is 0 Å². The zero-order valence-corrected chi connectivity index (χ0v) is 4.91. The zero-order valence-electron chi connectivity index (χ0n) is 4.91. The minimum atomic E-state index is 0.948. The third-order valence-electron chi connectivity index (χ3n) is 1.44. The number of hydrogen-bond acceptors (Lipinski definition) is 2. The highest BCUT2D eigenvalue weighted by Crippen LogP contribution is 2.13. The molecule has 9 heavy (non-hydrogen) atoms. The molecule has 0 fully saturated rings. The van der Waals surface area contributed by atoms with E-state index in [0.29, 0.717) is 0 Å². The standard InChI is InChI=1S/C7H6N2/c1-2-6-4-5-8-9-7(6)3-1/h1-2,4-5H,3H2. The summed E-state index contributed by atoms with van der Waals surface area (Å²) in [4.78, 5) is 0. The number of aromatic nitrogens is 2. The fourth-order valence-electron chi connectivity index (χ4n) is 0.979. The fourth-order valence-corrected chi connectivity index (χ4v) is 0.979. The molecule has 2 heteroatoms. The maximum atomic E-state index is 3.95. The highest BCUT2D eigenvalue weighted by molar-refractivity contribution is 5.56. The Kier molecular flexibility index (Phi) is 0.859. The molecule has 0 unspecified atom stereocenters. The summed E-state index contributed by atoms with van der Waals surface area (Å²) in [6.45, 7) is 0. The maximum absolute atomic E-state index is 3.95. The van der Waals surface area contributed by atoms with Crippen LogP contribution >= 0.6 is 0 Å². The lowest BCUT2D eigenvalue weighted by Crippen LogP contribution is -1.88. The van der Waals surface area contributed by atoms with Crippen molar-refractivity contribution < 1.29 is 0 Å². The third-order valence-corrected chi connectivity index (χ3v) is 1.44. The largest absolute Gasteiger partial charge is 0.159 e. The first-order chi connectivity index (χ1) is 4.47. The van der Waals surface area contributed by atoms with Crippen LogP contribution in [-0.4, -0.2) is 10.2 Å². The highest BCUT2D eigenvalue weighted by atomic mass is 15.1. The molecule has 0 aliphatic heterocycles. The van der Waals surface area contributed by atoms with E-state index in [1.165, 1.54) is 5.56 Å². The molecule has 0 spiro atoms. The van der Waals surface area contributed by atoms with Crippen LogP contribution in [0.5, 0.6) is 0 Å². The van der Waals surface area contributed by atoms with E-state index in [4.69, 9.17) is 0 Å². The summed E-state index contributed by atoms with van der Waals surface area (Å²) in [7, 11) is 0. The molecule has 1 heterocycles. The van der Waals surface area contributed by atoms with Gasteiger partial charge in [0.15, 0.2) is 0 Å². The molecule has 1 aromatic heterocycles. The minimum absolute atomic E-state index is 0.948. The van der Waals surface area contributed by atoms with E-state index in [1.807, 2.05) is 6.07 Å². The molecule has 0 bridgehead atoms. The van der Waals surface area contributed by atoms with Crippen molar-refractivity contribution in [3.8, 4) is 0 Å². The Labute approximate surface area is 53.2 Å². The SMILES string of the molecule is C1=Cc2ccnnc2C1. The number of fused-ring (bicyclic) bond motifs is 1. The molecule has 0 saturated heterocycles. The quantitative estimate of drug-likeness (QED) is 0.508. The second kappa shape index (κ2) is 1.65. The van der Waals surface area contributed by atoms with Crippen LogP contribution in [0.15, 0.2) is 18.3 Å². The van der Waals surface area contributed by atoms with Crippen molar-refractivity contribution in [3.63, 3.8) is 0 Å². The second-order valence-electron chi connectivity index (χ2n) is 2.04. The van der Waals surface area contributed by atoms with Gasteiger partial charge in [0, 0.05) is 6.42 Å². The molecule has 0 aromatic carbocycles. The monoisotopic (exact) mass is 118 g/mol. The fraction of sp³-hybridized carbons (Fsp3) is 0.143. The van der Waals surface area contributed by atoms with Gasteiger partial charge in [-0.05, 0) is 11.6 Å². The smallest absolute Gasteiger partial charge is 0.0740 e. The second-order valence-corrected chi connectivity index (χ2v) is 2.04. The summed E-state index contributed by atoms with van der Waals surface area (Å²) in [6.07, 6.45) is 6.83. The van der Waals surface area contributed by atoms with E-state index in [0.717, 1.165) is 12.1 Å². The van der Waals surface area contributed by atoms with Crippen LogP contribution in [-0.2, 0) is 6.42 Å². The van der Waals surface area contributed by atoms with Gasteiger partial charge < -0.3 is 0 Å². The minimum Gasteiger partial charge on any atom is -0.159 e. The van der Waals surface area contributed by atoms with E-state index in [9.17, 15) is 0 Å². The van der Waals surface area contributed by atoms with Crippen LogP contribution in [0.25, 0.3) is 6.08 Å². The van der Waals surface area contributed by atoms with Gasteiger partial charge in [0.05, 0.1) is 11.9 Å². The number of rotatable bonds is 0. The summed E-state index contributed by atoms with van der Waals surface area (Å²) in [5.74, 6) is 0. The molecule has 0 saturated carbocycles. The van der Waals surface area contributed by atoms with Crippen molar-refractivity contribution in [2.45, 2.75) is 6.42 Å². The Balaban J connectivity index is 2.63. The first kappa shape index (κ1) is 4.68. The summed E-state index contributed by atoms with van der Waals surface area (Å²) in [5.41, 5.74) is 2.31. The molecular weight excluding hydrogens is 112 g/mol. The molecule has 0 atom stereocenters. The number of nitrogens with zero attached hydrogens (tertiary/aromatic N) is 2. The molecule has 2 nitrogen and oxygen atoms in total. The molecule has 0 amide bonds. The Bertz CT molecular complexity index is 253. The lowest BCUT2D eigenvalue weighted by atomic mass is 10.3. The molecule has 44 valence electrons. The van der Waals surface area contributed by atoms with Gasteiger partial charge in [-0.3, -0.25) is 0 Å². The third kappa shape index (κ3) is 0.633. The van der Waals surface area contributed by atoms with Gasteiger partial charge in [-0.1, -0.05) is 12.2 Å². The molecular formula is C7H6N2. The van der Waals surface area contributed by atoms with Crippen molar-refractivity contribution >= 4 is 6.08 Å². The average Bonchev–Trinajstić information content (AvgIpc) is 2.33. The van der Waals surface area contributed by atoms with E-state index in [-0.39, 0.29) is 0 Å². The summed E-state index contributed by atoms with van der Waals surface area (Å²) in [5, 5.41) is 7.71. The normalized spacial score (nSPS) is 13.8. The van der Waals surface area contributed by atoms with E-state index in [1.54, 1.807) is 6.20 Å². The molecule has 2 rings (SSSR count). The zero-order chi connectivity index (χ0) is 6.10. The van der Waals surface area contributed by atoms with Crippen molar-refractivity contribution in [1.82, 2.24) is 10.2 Å². The Morgan fingerprint density at radius 2 is 2.44 bits per heavy atom. The molecule has 1 aliphatic rings. The van der Waals surface area contributed by atoms with Crippen molar-refractivity contribution in [2.24, 2.45) is 0 Å². The van der Waals surface area contributed by atoms with Crippen LogP contribution < -0.4 is 0 Å². The van der Waals surface area contributed by atoms with Gasteiger partial charge in [-0.2, -0.15) is 10.2 Å². The lowest BCUT2D eigenvalue weighted by Gasteiger charge is -1.90. The number of hydrogen-bond donors (Lipinski definition) is 0. The Morgan fingerprint density at radius 3 is 3.33 bits per heavy atom. The first-order valence-corrected chi connectivity index (χ1v) is 2.94. The van der Waals surface area contributed by atoms with E-state index < -0.39 is 0 Å². The van der Waals surface area contributed by atoms with Crippen LogP contribution in [0.2, 0.25) is 0 Å². The topological polar surface area (TPSA) is 25.8 Å². The van der Waals surface area contributed by atoms with Crippen LogP contribution in [0.3, 0.4) is 0 Å². The Morgan fingerprint density at radius 1 is 1.44 bits per heavy atom. The molecule has 1 aromatic rings. The van der Waals surface area contributed by atoms with E-state index in [2.05, 4.69) is 22.3 Å². The van der Waals surface area contributed by atoms with Gasteiger partial charge in [-0.15, -0.1) is 0 Å². The van der Waals surface area contributed by atoms with E-state index >= 15 is 0 Å². The predicted octanol–water partition coefficient (Wildman–Crippen LogP) is 1.05. The highest BCUT2D eigenvalue weighted by Gasteiger charge is 2.03. The number of allylic oxidation sites excluding steroid dienone is 1. The van der Waals surface area contributed by atoms with Gasteiger partial charge in [-0.25, -0.2) is 0 Å². The Hall–Kier alpha value is -1.18. The van der Waals surface area contributed by atoms with Crippen LogP contribution in [0, 0.1) is 0 Å². The van der Waals surface area contributed by atoms with Crippen molar-refractivity contribution in [3.05, 3.63) is 29.6 Å². The van der Waals surface area contributed by atoms with Gasteiger partial charge in [0.2, 0.25) is 0 Å². The summed E-state index contributed by atoms with van der Waals surface area (Å²) >= 11 is 0. The van der Waals surface area contributed by atoms with Gasteiger partial charge >= 0.3 is 0 Å². The van der Waals surface area contributed by atoms with Gasteiger partial charge in [0.1, 0.15) is 0 Å². The molecule has 0 N–H and O–H groups in total. The summed E-state index contributed by atoms with van der Waals surface area (Å²) in [6, 6.07) is 1.98. The average molecular weight is 118 g/mol. The first-order valence-electron chi connectivity index (χ1n) is 2.94. The van der Waals surface area contributed by atoms with Crippen LogP contribution in [0.4, 0.5) is 0 Å². The molecule has 1 aliphatic carbocycles. The predicted molar refractivity (Wildman–Crippen MR) is 34.8 cm³/mol. The maximum Gasteiger partial charge on any atom is 0.0740 e. The molecule has 0 radical (unpaired) electrons. The van der Waals surface area contributed by atoms with Crippen molar-refractivity contribution in [1.29, 1.82) is 0 Å². The van der Waals surface area contributed by atoms with Crippen molar-refractivity contribution in [2.75, 3.05) is 0 Å².